The summed E-state index contributed by atoms with van der Waals surface area (Å²) in [5.41, 5.74) is 5.41. The van der Waals surface area contributed by atoms with E-state index < -0.39 is 0 Å². The molecular formula is C13H28N2O. The predicted octanol–water partition coefficient (Wildman–Crippen LogP) is 1.86. The Bertz CT molecular complexity index is 169. The monoisotopic (exact) mass is 228 g/mol. The van der Waals surface area contributed by atoms with Gasteiger partial charge in [0.1, 0.15) is 0 Å². The molecule has 0 atom stereocenters. The molecular weight excluding hydrogens is 200 g/mol. The Labute approximate surface area is 100 Å². The van der Waals surface area contributed by atoms with Crippen LogP contribution >= 0.6 is 0 Å². The van der Waals surface area contributed by atoms with E-state index in [-0.39, 0.29) is 0 Å². The Morgan fingerprint density at radius 2 is 1.94 bits per heavy atom. The first-order valence-electron chi connectivity index (χ1n) is 6.76. The van der Waals surface area contributed by atoms with Crippen molar-refractivity contribution >= 4 is 0 Å². The molecule has 1 rings (SSSR count). The van der Waals surface area contributed by atoms with Crippen molar-refractivity contribution in [3.8, 4) is 0 Å². The number of nitrogens with two attached hydrogens (primary N) is 1. The van der Waals surface area contributed by atoms with E-state index in [0.717, 1.165) is 44.6 Å². The van der Waals surface area contributed by atoms with Gasteiger partial charge in [0, 0.05) is 32.3 Å². The van der Waals surface area contributed by atoms with Crippen LogP contribution in [0.15, 0.2) is 0 Å². The van der Waals surface area contributed by atoms with Crippen molar-refractivity contribution in [2.24, 2.45) is 11.7 Å². The summed E-state index contributed by atoms with van der Waals surface area (Å²) in [5, 5.41) is 0. The second kappa shape index (κ2) is 8.04. The largest absolute Gasteiger partial charge is 0.381 e. The van der Waals surface area contributed by atoms with Crippen LogP contribution < -0.4 is 5.73 Å². The maximum Gasteiger partial charge on any atom is 0.0478 e. The summed E-state index contributed by atoms with van der Waals surface area (Å²) < 4.78 is 5.52. The van der Waals surface area contributed by atoms with Crippen molar-refractivity contribution in [3.63, 3.8) is 0 Å². The summed E-state index contributed by atoms with van der Waals surface area (Å²) in [6, 6.07) is 0.881. The molecule has 3 nitrogen and oxygen atoms in total. The molecule has 0 aromatic carbocycles. The summed E-state index contributed by atoms with van der Waals surface area (Å²) in [4.78, 5) is 2.64. The molecule has 96 valence electrons. The fourth-order valence-electron chi connectivity index (χ4n) is 1.99. The number of hydrogen-bond donors (Lipinski definition) is 1. The molecule has 0 heterocycles. The summed E-state index contributed by atoms with van der Waals surface area (Å²) >= 11 is 0. The first-order valence-corrected chi connectivity index (χ1v) is 6.76. The smallest absolute Gasteiger partial charge is 0.0478 e. The maximum atomic E-state index is 5.52. The van der Waals surface area contributed by atoms with E-state index in [1.165, 1.54) is 25.9 Å². The minimum Gasteiger partial charge on any atom is -0.381 e. The number of nitrogens with zero attached hydrogens (tertiary/aromatic N) is 1. The van der Waals surface area contributed by atoms with Crippen molar-refractivity contribution in [2.75, 3.05) is 32.8 Å². The zero-order chi connectivity index (χ0) is 11.8. The molecule has 1 aliphatic rings. The van der Waals surface area contributed by atoms with E-state index >= 15 is 0 Å². The number of rotatable bonds is 10. The minimum atomic E-state index is 0.738. The molecule has 0 spiro atoms. The Morgan fingerprint density at radius 1 is 1.25 bits per heavy atom. The lowest BCUT2D eigenvalue weighted by Crippen LogP contribution is -2.31. The van der Waals surface area contributed by atoms with Crippen molar-refractivity contribution in [1.82, 2.24) is 4.90 Å². The molecule has 2 N–H and O–H groups in total. The van der Waals surface area contributed by atoms with Gasteiger partial charge < -0.3 is 15.4 Å². The SMILES string of the molecule is CC(C)CN(CCCOCCCN)C1CC1. The van der Waals surface area contributed by atoms with Crippen LogP contribution in [0.5, 0.6) is 0 Å². The molecule has 0 saturated heterocycles. The molecule has 0 aromatic rings. The molecule has 0 radical (unpaired) electrons. The third kappa shape index (κ3) is 6.46. The molecule has 0 amide bonds. The van der Waals surface area contributed by atoms with Gasteiger partial charge in [0.25, 0.3) is 0 Å². The fourth-order valence-corrected chi connectivity index (χ4v) is 1.99. The summed E-state index contributed by atoms with van der Waals surface area (Å²) in [5.74, 6) is 0.777. The Hall–Kier alpha value is -0.120. The van der Waals surface area contributed by atoms with Gasteiger partial charge in [0.15, 0.2) is 0 Å². The molecule has 3 heteroatoms. The zero-order valence-corrected chi connectivity index (χ0v) is 11.0. The standard InChI is InChI=1S/C13H28N2O/c1-12(2)11-15(13-5-6-13)8-4-10-16-9-3-7-14/h12-13H,3-11,14H2,1-2H3. The minimum absolute atomic E-state index is 0.738. The quantitative estimate of drug-likeness (QED) is 0.580. The molecule has 0 bridgehead atoms. The summed E-state index contributed by atoms with van der Waals surface area (Å²) in [7, 11) is 0. The van der Waals surface area contributed by atoms with Crippen LogP contribution in [-0.2, 0) is 4.74 Å². The second-order valence-corrected chi connectivity index (χ2v) is 5.23. The van der Waals surface area contributed by atoms with E-state index in [9.17, 15) is 0 Å². The van der Waals surface area contributed by atoms with Crippen LogP contribution in [0.4, 0.5) is 0 Å². The van der Waals surface area contributed by atoms with Gasteiger partial charge in [-0.1, -0.05) is 13.8 Å². The van der Waals surface area contributed by atoms with Crippen molar-refractivity contribution < 1.29 is 4.74 Å². The van der Waals surface area contributed by atoms with Crippen molar-refractivity contribution in [2.45, 2.75) is 45.6 Å². The van der Waals surface area contributed by atoms with E-state index in [2.05, 4.69) is 18.7 Å². The number of ether oxygens (including phenoxy) is 1. The lowest BCUT2D eigenvalue weighted by Gasteiger charge is -2.23. The lowest BCUT2D eigenvalue weighted by atomic mass is 10.2. The molecule has 1 aliphatic carbocycles. The van der Waals surface area contributed by atoms with Gasteiger partial charge in [-0.25, -0.2) is 0 Å². The highest BCUT2D eigenvalue weighted by Crippen LogP contribution is 2.27. The topological polar surface area (TPSA) is 38.5 Å². The van der Waals surface area contributed by atoms with Gasteiger partial charge in [0.05, 0.1) is 0 Å². The van der Waals surface area contributed by atoms with E-state index in [1.807, 2.05) is 0 Å². The summed E-state index contributed by atoms with van der Waals surface area (Å²) in [6.07, 6.45) is 4.95. The molecule has 16 heavy (non-hydrogen) atoms. The fraction of sp³-hybridized carbons (Fsp3) is 1.00. The van der Waals surface area contributed by atoms with E-state index in [4.69, 9.17) is 10.5 Å². The van der Waals surface area contributed by atoms with E-state index in [0.29, 0.717) is 0 Å². The highest BCUT2D eigenvalue weighted by atomic mass is 16.5. The van der Waals surface area contributed by atoms with Gasteiger partial charge in [-0.2, -0.15) is 0 Å². The molecule has 1 saturated carbocycles. The third-order valence-electron chi connectivity index (χ3n) is 2.89. The average molecular weight is 228 g/mol. The van der Waals surface area contributed by atoms with Crippen molar-refractivity contribution in [3.05, 3.63) is 0 Å². The highest BCUT2D eigenvalue weighted by molar-refractivity contribution is 4.84. The molecule has 0 aliphatic heterocycles. The van der Waals surface area contributed by atoms with Crippen LogP contribution in [0.1, 0.15) is 39.5 Å². The van der Waals surface area contributed by atoms with Crippen molar-refractivity contribution in [1.29, 1.82) is 0 Å². The van der Waals surface area contributed by atoms with Gasteiger partial charge in [-0.05, 0) is 38.1 Å². The van der Waals surface area contributed by atoms with Crippen LogP contribution in [0.25, 0.3) is 0 Å². The first-order chi connectivity index (χ1) is 7.74. The molecule has 1 fully saturated rings. The highest BCUT2D eigenvalue weighted by Gasteiger charge is 2.28. The van der Waals surface area contributed by atoms with Gasteiger partial charge >= 0.3 is 0 Å². The van der Waals surface area contributed by atoms with Crippen LogP contribution in [0.2, 0.25) is 0 Å². The van der Waals surface area contributed by atoms with Gasteiger partial charge in [-0.15, -0.1) is 0 Å². The van der Waals surface area contributed by atoms with Gasteiger partial charge in [0.2, 0.25) is 0 Å². The van der Waals surface area contributed by atoms with Crippen LogP contribution in [-0.4, -0.2) is 43.8 Å². The summed E-state index contributed by atoms with van der Waals surface area (Å²) in [6.45, 7) is 9.49. The predicted molar refractivity (Wildman–Crippen MR) is 68.5 cm³/mol. The third-order valence-corrected chi connectivity index (χ3v) is 2.89. The first kappa shape index (κ1) is 13.9. The molecule has 0 aromatic heterocycles. The van der Waals surface area contributed by atoms with Crippen LogP contribution in [0.3, 0.4) is 0 Å². The average Bonchev–Trinajstić information content (AvgIpc) is 3.04. The van der Waals surface area contributed by atoms with Gasteiger partial charge in [-0.3, -0.25) is 0 Å². The Morgan fingerprint density at radius 3 is 2.50 bits per heavy atom. The maximum absolute atomic E-state index is 5.52. The second-order valence-electron chi connectivity index (χ2n) is 5.23. The Kier molecular flexibility index (Phi) is 7.01. The normalized spacial score (nSPS) is 16.3. The van der Waals surface area contributed by atoms with E-state index in [1.54, 1.807) is 0 Å². The Balaban J connectivity index is 1.99. The molecule has 0 unspecified atom stereocenters. The lowest BCUT2D eigenvalue weighted by molar-refractivity contribution is 0.116. The number of hydrogen-bond acceptors (Lipinski definition) is 3. The zero-order valence-electron chi connectivity index (χ0n) is 11.0. The van der Waals surface area contributed by atoms with Crippen LogP contribution in [0, 0.1) is 5.92 Å².